The van der Waals surface area contributed by atoms with Crippen LogP contribution in [0, 0.1) is 6.92 Å². The molecule has 6 nitrogen and oxygen atoms in total. The highest BCUT2D eigenvalue weighted by Crippen LogP contribution is 2.30. The Kier molecular flexibility index (Phi) is 6.22. The van der Waals surface area contributed by atoms with E-state index in [9.17, 15) is 9.59 Å². The van der Waals surface area contributed by atoms with Gasteiger partial charge >= 0.3 is 0 Å². The van der Waals surface area contributed by atoms with Crippen molar-refractivity contribution >= 4 is 34.9 Å². The molecule has 1 aliphatic rings. The van der Waals surface area contributed by atoms with E-state index in [-0.39, 0.29) is 29.6 Å². The molecule has 0 radical (unpaired) electrons. The highest BCUT2D eigenvalue weighted by Gasteiger charge is 2.21. The molecule has 2 heterocycles. The first-order valence-electron chi connectivity index (χ1n) is 7.26. The van der Waals surface area contributed by atoms with Crippen LogP contribution < -0.4 is 11.1 Å². The largest absolute Gasteiger partial charge is 0.376 e. The summed E-state index contributed by atoms with van der Waals surface area (Å²) in [6.45, 7) is 5.04. The molecule has 8 heteroatoms. The van der Waals surface area contributed by atoms with Crippen molar-refractivity contribution in [3.8, 4) is 0 Å². The average Bonchev–Trinajstić information content (AvgIpc) is 3.06. The molecular weight excluding hydrogens is 322 g/mol. The number of thiazole rings is 1. The van der Waals surface area contributed by atoms with Crippen molar-refractivity contribution in [2.45, 2.75) is 48.8 Å². The Morgan fingerprint density at radius 2 is 2.36 bits per heavy atom. The Balaban J connectivity index is 1.83. The molecule has 1 aliphatic heterocycles. The van der Waals surface area contributed by atoms with Gasteiger partial charge in [0.15, 0.2) is 4.34 Å². The third-order valence-electron chi connectivity index (χ3n) is 3.38. The summed E-state index contributed by atoms with van der Waals surface area (Å²) < 4.78 is 6.27. The maximum absolute atomic E-state index is 12.1. The number of nitrogens with two attached hydrogens (primary N) is 1. The minimum Gasteiger partial charge on any atom is -0.376 e. The van der Waals surface area contributed by atoms with E-state index in [2.05, 4.69) is 10.3 Å². The summed E-state index contributed by atoms with van der Waals surface area (Å²) in [5.41, 5.74) is 6.01. The fourth-order valence-corrected chi connectivity index (χ4v) is 4.55. The van der Waals surface area contributed by atoms with Crippen LogP contribution in [0.25, 0.3) is 0 Å². The molecule has 0 spiro atoms. The van der Waals surface area contributed by atoms with Gasteiger partial charge in [0.05, 0.1) is 23.5 Å². The topological polar surface area (TPSA) is 94.3 Å². The van der Waals surface area contributed by atoms with Gasteiger partial charge in [-0.05, 0) is 26.7 Å². The number of hydrogen-bond donors (Lipinski definition) is 2. The Bertz CT molecular complexity index is 541. The van der Waals surface area contributed by atoms with Gasteiger partial charge in [0.25, 0.3) is 0 Å². The number of carbonyl (C=O) groups is 2. The number of primary amides is 1. The second-order valence-corrected chi connectivity index (χ2v) is 7.94. The fraction of sp³-hybridized carbons (Fsp3) is 0.643. The number of thioether (sulfide) groups is 1. The summed E-state index contributed by atoms with van der Waals surface area (Å²) in [6, 6.07) is 0. The van der Waals surface area contributed by atoms with Gasteiger partial charge in [0.1, 0.15) is 0 Å². The van der Waals surface area contributed by atoms with E-state index >= 15 is 0 Å². The molecule has 22 heavy (non-hydrogen) atoms. The first kappa shape index (κ1) is 17.2. The predicted molar refractivity (Wildman–Crippen MR) is 87.1 cm³/mol. The van der Waals surface area contributed by atoms with Crippen LogP contribution in [0.5, 0.6) is 0 Å². The highest BCUT2D eigenvalue weighted by atomic mass is 32.2. The number of nitrogens with zero attached hydrogens (tertiary/aromatic N) is 1. The normalized spacial score (nSPS) is 19.1. The molecule has 0 bridgehead atoms. The molecule has 1 aromatic heterocycles. The van der Waals surface area contributed by atoms with E-state index in [1.54, 1.807) is 0 Å². The van der Waals surface area contributed by atoms with E-state index in [1.165, 1.54) is 23.1 Å². The van der Waals surface area contributed by atoms with Gasteiger partial charge in [0.2, 0.25) is 11.8 Å². The van der Waals surface area contributed by atoms with Crippen LogP contribution in [-0.4, -0.2) is 41.3 Å². The molecule has 2 amide bonds. The number of amides is 2. The van der Waals surface area contributed by atoms with E-state index in [0.29, 0.717) is 6.54 Å². The SMILES string of the molecule is Cc1nc(SC(C)C(=O)NCC2CCCO2)sc1CC(N)=O. The van der Waals surface area contributed by atoms with E-state index in [0.717, 1.165) is 34.4 Å². The average molecular weight is 343 g/mol. The monoisotopic (exact) mass is 343 g/mol. The Labute approximate surface area is 138 Å². The Morgan fingerprint density at radius 1 is 1.59 bits per heavy atom. The smallest absolute Gasteiger partial charge is 0.233 e. The standard InChI is InChI=1S/C14H21N3O3S2/c1-8-11(6-12(15)18)22-14(17-8)21-9(2)13(19)16-7-10-4-3-5-20-10/h9-10H,3-7H2,1-2H3,(H2,15,18)(H,16,19). The van der Waals surface area contributed by atoms with Crippen LogP contribution in [0.15, 0.2) is 4.34 Å². The molecule has 2 atom stereocenters. The van der Waals surface area contributed by atoms with Crippen molar-refractivity contribution < 1.29 is 14.3 Å². The van der Waals surface area contributed by atoms with Gasteiger partial charge in [-0.3, -0.25) is 9.59 Å². The molecule has 2 rings (SSSR count). The number of aryl methyl sites for hydroxylation is 1. The molecule has 1 saturated heterocycles. The quantitative estimate of drug-likeness (QED) is 0.727. The lowest BCUT2D eigenvalue weighted by Crippen LogP contribution is -2.36. The first-order valence-corrected chi connectivity index (χ1v) is 8.96. The maximum Gasteiger partial charge on any atom is 0.233 e. The molecule has 1 aromatic rings. The summed E-state index contributed by atoms with van der Waals surface area (Å²) in [5.74, 6) is -0.393. The van der Waals surface area contributed by atoms with E-state index in [1.807, 2.05) is 13.8 Å². The Hall–Kier alpha value is -1.12. The summed E-state index contributed by atoms with van der Waals surface area (Å²) in [5, 5.41) is 2.67. The van der Waals surface area contributed by atoms with Crippen LogP contribution in [0.3, 0.4) is 0 Å². The predicted octanol–water partition coefficient (Wildman–Crippen LogP) is 1.26. The number of carbonyl (C=O) groups excluding carboxylic acids is 2. The number of nitrogens with one attached hydrogen (secondary N) is 1. The van der Waals surface area contributed by atoms with E-state index in [4.69, 9.17) is 10.5 Å². The third-order valence-corrected chi connectivity index (χ3v) is 5.73. The molecule has 2 unspecified atom stereocenters. The van der Waals surface area contributed by atoms with Crippen molar-refractivity contribution in [3.63, 3.8) is 0 Å². The zero-order valence-electron chi connectivity index (χ0n) is 12.8. The fourth-order valence-electron chi connectivity index (χ4n) is 2.14. The third kappa shape index (κ3) is 4.96. The van der Waals surface area contributed by atoms with Crippen LogP contribution in [0.2, 0.25) is 0 Å². The second kappa shape index (κ2) is 7.94. The Morgan fingerprint density at radius 3 is 3.00 bits per heavy atom. The minimum absolute atomic E-state index is 0.0233. The number of ether oxygens (including phenoxy) is 1. The molecular formula is C14H21N3O3S2. The van der Waals surface area contributed by atoms with Crippen molar-refractivity contribution in [2.75, 3.05) is 13.2 Å². The van der Waals surface area contributed by atoms with Gasteiger partial charge in [-0.15, -0.1) is 11.3 Å². The lowest BCUT2D eigenvalue weighted by Gasteiger charge is -2.13. The maximum atomic E-state index is 12.1. The van der Waals surface area contributed by atoms with Crippen molar-refractivity contribution in [1.82, 2.24) is 10.3 Å². The zero-order chi connectivity index (χ0) is 16.1. The van der Waals surface area contributed by atoms with Crippen molar-refractivity contribution in [1.29, 1.82) is 0 Å². The van der Waals surface area contributed by atoms with Gasteiger partial charge < -0.3 is 15.8 Å². The van der Waals surface area contributed by atoms with Gasteiger partial charge in [-0.25, -0.2) is 4.98 Å². The van der Waals surface area contributed by atoms with Crippen LogP contribution in [0.4, 0.5) is 0 Å². The molecule has 1 fully saturated rings. The highest BCUT2D eigenvalue weighted by molar-refractivity contribution is 8.02. The number of aromatic nitrogens is 1. The number of rotatable bonds is 7. The van der Waals surface area contributed by atoms with Crippen LogP contribution in [-0.2, 0) is 20.7 Å². The second-order valence-electron chi connectivity index (χ2n) is 5.27. The van der Waals surface area contributed by atoms with Crippen molar-refractivity contribution in [2.24, 2.45) is 5.73 Å². The van der Waals surface area contributed by atoms with Gasteiger partial charge in [-0.1, -0.05) is 11.8 Å². The first-order chi connectivity index (χ1) is 10.5. The van der Waals surface area contributed by atoms with Crippen LogP contribution >= 0.6 is 23.1 Å². The molecule has 3 N–H and O–H groups in total. The minimum atomic E-state index is -0.370. The summed E-state index contributed by atoms with van der Waals surface area (Å²) in [7, 11) is 0. The van der Waals surface area contributed by atoms with Gasteiger partial charge in [-0.2, -0.15) is 0 Å². The number of hydrogen-bond acceptors (Lipinski definition) is 6. The molecule has 122 valence electrons. The molecule has 0 saturated carbocycles. The zero-order valence-corrected chi connectivity index (χ0v) is 14.4. The van der Waals surface area contributed by atoms with Crippen LogP contribution in [0.1, 0.15) is 30.3 Å². The molecule has 0 aromatic carbocycles. The summed E-state index contributed by atoms with van der Waals surface area (Å²) in [4.78, 5) is 28.3. The lowest BCUT2D eigenvalue weighted by atomic mass is 10.2. The van der Waals surface area contributed by atoms with Crippen molar-refractivity contribution in [3.05, 3.63) is 10.6 Å². The lowest BCUT2D eigenvalue weighted by molar-refractivity contribution is -0.121. The molecule has 0 aliphatic carbocycles. The summed E-state index contributed by atoms with van der Waals surface area (Å²) >= 11 is 2.82. The summed E-state index contributed by atoms with van der Waals surface area (Å²) in [6.07, 6.45) is 2.41. The van der Waals surface area contributed by atoms with Gasteiger partial charge in [0, 0.05) is 18.0 Å². The van der Waals surface area contributed by atoms with E-state index < -0.39 is 0 Å².